The minimum Gasteiger partial charge on any atom is -0.475 e. The maximum Gasteiger partial charge on any atom is 0.490 e. The first-order chi connectivity index (χ1) is 20.6. The van der Waals surface area contributed by atoms with E-state index in [2.05, 4.69) is 27.7 Å². The molecule has 2 aliphatic rings. The monoisotopic (exact) mass is 670 g/mol. The van der Waals surface area contributed by atoms with E-state index in [4.69, 9.17) is 39.8 Å². The number of nitrogens with one attached hydrogen (secondary N) is 2. The Kier molecular flexibility index (Phi) is 14.8. The molecule has 4 heterocycles. The van der Waals surface area contributed by atoms with Crippen LogP contribution in [0.15, 0.2) is 12.1 Å². The number of hydrogen-bond acceptors (Lipinski definition) is 8. The third-order valence-electron chi connectivity index (χ3n) is 6.02. The van der Waals surface area contributed by atoms with E-state index in [9.17, 15) is 39.5 Å². The van der Waals surface area contributed by atoms with E-state index in [0.717, 1.165) is 49.9 Å². The molecule has 0 aromatic carbocycles. The number of hydrogen-bond donors (Lipinski definition) is 5. The summed E-state index contributed by atoms with van der Waals surface area (Å²) in [4.78, 5) is 34.0. The molecule has 0 unspecified atom stereocenters. The first kappa shape index (κ1) is 39.1. The highest BCUT2D eigenvalue weighted by atomic mass is 19.4. The molecule has 0 bridgehead atoms. The molecule has 45 heavy (non-hydrogen) atoms. The summed E-state index contributed by atoms with van der Waals surface area (Å²) in [6.45, 7) is 5.23. The second kappa shape index (κ2) is 17.0. The van der Waals surface area contributed by atoms with Crippen molar-refractivity contribution in [3.05, 3.63) is 17.8 Å². The second-order valence-corrected chi connectivity index (χ2v) is 9.49. The van der Waals surface area contributed by atoms with Crippen LogP contribution in [0.1, 0.15) is 37.8 Å². The van der Waals surface area contributed by atoms with Crippen molar-refractivity contribution in [3.8, 4) is 0 Å². The molecule has 0 spiro atoms. The fraction of sp³-hybridized carbons (Fsp3) is 0.625. The molecule has 2 aliphatic heterocycles. The molecule has 2 saturated heterocycles. The zero-order valence-corrected chi connectivity index (χ0v) is 23.6. The SMILES string of the molecule is Cn1nc(CN[C@H]2CCNC2)c2ccc(N3CCCCCC3)nc21.O=C(O)C(F)(F)F.O=C(O)C(F)(F)F.O=C(O)C(F)(F)F. The summed E-state index contributed by atoms with van der Waals surface area (Å²) in [5.41, 5.74) is 2.10. The van der Waals surface area contributed by atoms with E-state index in [1.807, 2.05) is 11.7 Å². The van der Waals surface area contributed by atoms with Crippen LogP contribution >= 0.6 is 0 Å². The number of halogens is 9. The highest BCUT2D eigenvalue weighted by Crippen LogP contribution is 2.23. The summed E-state index contributed by atoms with van der Waals surface area (Å²) in [7, 11) is 2.00. The zero-order chi connectivity index (χ0) is 34.6. The number of aryl methyl sites for hydroxylation is 1. The number of anilines is 1. The average molecular weight is 671 g/mol. The normalized spacial score (nSPS) is 17.1. The Labute approximate surface area is 249 Å². The number of pyridine rings is 1. The minimum atomic E-state index is -5.08. The van der Waals surface area contributed by atoms with Crippen molar-refractivity contribution >= 4 is 34.8 Å². The number of alkyl halides is 9. The molecule has 5 N–H and O–H groups in total. The maximum absolute atomic E-state index is 10.6. The van der Waals surface area contributed by atoms with Gasteiger partial charge in [-0.1, -0.05) is 12.8 Å². The standard InChI is InChI=1S/C18H28N6.3C2HF3O2/c1-23-18-15(16(22-23)13-20-14-8-9-19-12-14)6-7-17(21-18)24-10-4-2-3-5-11-24;3*3-2(4,5)1(6)7/h6-7,14,19-20H,2-5,8-13H2,1H3;3*(H,6,7)/t14-;;;/m0.../s1. The van der Waals surface area contributed by atoms with Crippen molar-refractivity contribution in [2.24, 2.45) is 7.05 Å². The Morgan fingerprint density at radius 2 is 1.33 bits per heavy atom. The minimum absolute atomic E-state index is 0.561. The fourth-order valence-corrected chi connectivity index (χ4v) is 3.87. The zero-order valence-electron chi connectivity index (χ0n) is 23.6. The predicted octanol–water partition coefficient (Wildman–Crippen LogP) is 3.70. The van der Waals surface area contributed by atoms with Gasteiger partial charge in [0.2, 0.25) is 0 Å². The summed E-state index contributed by atoms with van der Waals surface area (Å²) in [5.74, 6) is -7.17. The molecular formula is C24H31F9N6O6. The number of nitrogens with zero attached hydrogens (tertiary/aromatic N) is 4. The summed E-state index contributed by atoms with van der Waals surface area (Å²) in [5, 5.41) is 34.3. The van der Waals surface area contributed by atoms with E-state index in [-0.39, 0.29) is 0 Å². The third-order valence-corrected chi connectivity index (χ3v) is 6.02. The van der Waals surface area contributed by atoms with Crippen molar-refractivity contribution in [2.75, 3.05) is 31.1 Å². The van der Waals surface area contributed by atoms with E-state index in [1.165, 1.54) is 37.5 Å². The molecule has 4 rings (SSSR count). The van der Waals surface area contributed by atoms with Gasteiger partial charge in [-0.15, -0.1) is 0 Å². The first-order valence-electron chi connectivity index (χ1n) is 13.1. The lowest BCUT2D eigenvalue weighted by Gasteiger charge is -2.21. The molecule has 256 valence electrons. The maximum atomic E-state index is 10.6. The topological polar surface area (TPSA) is 170 Å². The van der Waals surface area contributed by atoms with Crippen molar-refractivity contribution in [1.82, 2.24) is 25.4 Å². The van der Waals surface area contributed by atoms with E-state index >= 15 is 0 Å². The van der Waals surface area contributed by atoms with Crippen LogP contribution in [-0.2, 0) is 28.0 Å². The van der Waals surface area contributed by atoms with Crippen molar-refractivity contribution in [3.63, 3.8) is 0 Å². The molecule has 0 aliphatic carbocycles. The van der Waals surface area contributed by atoms with Gasteiger partial charge >= 0.3 is 36.4 Å². The largest absolute Gasteiger partial charge is 0.490 e. The van der Waals surface area contributed by atoms with Crippen LogP contribution in [0.5, 0.6) is 0 Å². The Bertz CT molecular complexity index is 1200. The quantitative estimate of drug-likeness (QED) is 0.301. The van der Waals surface area contributed by atoms with Crippen LogP contribution in [0.2, 0.25) is 0 Å². The molecule has 2 aromatic heterocycles. The Morgan fingerprint density at radius 1 is 0.867 bits per heavy atom. The number of carboxylic acids is 3. The molecular weight excluding hydrogens is 639 g/mol. The lowest BCUT2D eigenvalue weighted by molar-refractivity contribution is -0.193. The predicted molar refractivity (Wildman–Crippen MR) is 138 cm³/mol. The van der Waals surface area contributed by atoms with Gasteiger partial charge in [0.05, 0.1) is 5.69 Å². The number of carboxylic acid groups (broad SMARTS) is 3. The van der Waals surface area contributed by atoms with Crippen molar-refractivity contribution in [1.29, 1.82) is 0 Å². The number of aromatic nitrogens is 3. The van der Waals surface area contributed by atoms with Gasteiger partial charge in [-0.25, -0.2) is 19.4 Å². The lowest BCUT2D eigenvalue weighted by atomic mass is 10.2. The van der Waals surface area contributed by atoms with Gasteiger partial charge in [-0.05, 0) is 37.9 Å². The van der Waals surface area contributed by atoms with Gasteiger partial charge in [0.15, 0.2) is 5.65 Å². The van der Waals surface area contributed by atoms with E-state index < -0.39 is 36.4 Å². The number of fused-ring (bicyclic) bond motifs is 1. The number of aliphatic carboxylic acids is 3. The molecule has 0 amide bonds. The lowest BCUT2D eigenvalue weighted by Crippen LogP contribution is -2.30. The second-order valence-electron chi connectivity index (χ2n) is 9.49. The Hall–Kier alpha value is -3.88. The summed E-state index contributed by atoms with van der Waals surface area (Å²) >= 11 is 0. The first-order valence-corrected chi connectivity index (χ1v) is 13.1. The van der Waals surface area contributed by atoms with Gasteiger partial charge in [-0.2, -0.15) is 44.6 Å². The average Bonchev–Trinajstić information content (AvgIpc) is 3.45. The highest BCUT2D eigenvalue weighted by Gasteiger charge is 2.39. The fourth-order valence-electron chi connectivity index (χ4n) is 3.87. The molecule has 12 nitrogen and oxygen atoms in total. The molecule has 0 saturated carbocycles. The van der Waals surface area contributed by atoms with Gasteiger partial charge in [0, 0.05) is 44.7 Å². The van der Waals surface area contributed by atoms with Gasteiger partial charge in [0.25, 0.3) is 0 Å². The molecule has 2 fully saturated rings. The van der Waals surface area contributed by atoms with Crippen LogP contribution in [0.25, 0.3) is 11.0 Å². The third kappa shape index (κ3) is 14.2. The highest BCUT2D eigenvalue weighted by molar-refractivity contribution is 5.80. The van der Waals surface area contributed by atoms with Crippen molar-refractivity contribution in [2.45, 2.75) is 63.2 Å². The smallest absolute Gasteiger partial charge is 0.475 e. The van der Waals surface area contributed by atoms with E-state index in [0.29, 0.717) is 6.04 Å². The van der Waals surface area contributed by atoms with Gasteiger partial charge in [0.1, 0.15) is 5.82 Å². The van der Waals surface area contributed by atoms with Crippen molar-refractivity contribution < 1.29 is 69.2 Å². The van der Waals surface area contributed by atoms with Crippen LogP contribution in [0.3, 0.4) is 0 Å². The van der Waals surface area contributed by atoms with Crippen LogP contribution in [0.4, 0.5) is 45.3 Å². The van der Waals surface area contributed by atoms with E-state index in [1.54, 1.807) is 0 Å². The van der Waals surface area contributed by atoms with Gasteiger partial charge in [-0.3, -0.25) is 4.68 Å². The van der Waals surface area contributed by atoms with Crippen LogP contribution in [0, 0.1) is 0 Å². The molecule has 1 atom stereocenters. The van der Waals surface area contributed by atoms with Crippen LogP contribution < -0.4 is 15.5 Å². The number of rotatable bonds is 4. The molecule has 2 aromatic rings. The Balaban J connectivity index is 0.000000396. The summed E-state index contributed by atoms with van der Waals surface area (Å²) in [6.07, 6.45) is -8.82. The van der Waals surface area contributed by atoms with Crippen LogP contribution in [-0.4, -0.2) is 98.7 Å². The summed E-state index contributed by atoms with van der Waals surface area (Å²) < 4.78 is 97.1. The summed E-state index contributed by atoms with van der Waals surface area (Å²) in [6, 6.07) is 4.95. The molecule has 0 radical (unpaired) electrons. The number of carbonyl (C=O) groups is 3. The Morgan fingerprint density at radius 3 is 1.73 bits per heavy atom. The van der Waals surface area contributed by atoms with Gasteiger partial charge < -0.3 is 30.9 Å². The molecule has 21 heteroatoms.